The molecule has 1 N–H and O–H groups in total. The van der Waals surface area contributed by atoms with E-state index in [2.05, 4.69) is 20.9 Å². The smallest absolute Gasteiger partial charge is 0.337 e. The van der Waals surface area contributed by atoms with Gasteiger partial charge >= 0.3 is 5.97 Å². The van der Waals surface area contributed by atoms with E-state index in [9.17, 15) is 4.79 Å². The van der Waals surface area contributed by atoms with Gasteiger partial charge in [0.25, 0.3) is 0 Å². The molecule has 1 aromatic rings. The molecule has 88 valence electrons. The minimum absolute atomic E-state index is 0.163. The number of aromatic nitrogens is 1. The van der Waals surface area contributed by atoms with Crippen molar-refractivity contribution in [1.29, 1.82) is 0 Å². The highest BCUT2D eigenvalue weighted by molar-refractivity contribution is 9.10. The number of hydrogen-bond acceptors (Lipinski definition) is 4. The molecule has 0 aliphatic rings. The van der Waals surface area contributed by atoms with Gasteiger partial charge in [-0.3, -0.25) is 0 Å². The maximum absolute atomic E-state index is 10.7. The van der Waals surface area contributed by atoms with Crippen LogP contribution in [0.1, 0.15) is 10.4 Å². The lowest BCUT2D eigenvalue weighted by Gasteiger charge is -2.18. The van der Waals surface area contributed by atoms with Gasteiger partial charge < -0.3 is 14.7 Å². The Balaban J connectivity index is 2.85. The van der Waals surface area contributed by atoms with Crippen molar-refractivity contribution >= 4 is 27.7 Å². The Morgan fingerprint density at radius 3 is 2.88 bits per heavy atom. The lowest BCUT2D eigenvalue weighted by atomic mass is 10.3. The topological polar surface area (TPSA) is 62.7 Å². The number of carboxylic acid groups (broad SMARTS) is 1. The van der Waals surface area contributed by atoms with E-state index >= 15 is 0 Å². The first-order valence-electron chi connectivity index (χ1n) is 4.65. The van der Waals surface area contributed by atoms with Gasteiger partial charge in [-0.2, -0.15) is 0 Å². The first kappa shape index (κ1) is 12.9. The lowest BCUT2D eigenvalue weighted by molar-refractivity contribution is 0.0696. The van der Waals surface area contributed by atoms with Crippen molar-refractivity contribution in [2.45, 2.75) is 0 Å². The van der Waals surface area contributed by atoms with Gasteiger partial charge in [-0.25, -0.2) is 9.78 Å². The van der Waals surface area contributed by atoms with E-state index in [0.29, 0.717) is 23.4 Å². The summed E-state index contributed by atoms with van der Waals surface area (Å²) in [6.45, 7) is 1.28. The minimum Gasteiger partial charge on any atom is -0.478 e. The van der Waals surface area contributed by atoms with Crippen LogP contribution in [-0.4, -0.2) is 43.4 Å². The number of ether oxygens (including phenoxy) is 1. The fourth-order valence-corrected chi connectivity index (χ4v) is 1.81. The van der Waals surface area contributed by atoms with Crippen molar-refractivity contribution in [3.63, 3.8) is 0 Å². The summed E-state index contributed by atoms with van der Waals surface area (Å²) in [7, 11) is 3.50. The third-order valence-electron chi connectivity index (χ3n) is 2.06. The SMILES string of the molecule is COCCN(C)c1ncc(C(=O)O)cc1Br. The van der Waals surface area contributed by atoms with E-state index in [4.69, 9.17) is 9.84 Å². The van der Waals surface area contributed by atoms with E-state index in [1.54, 1.807) is 7.11 Å². The Kier molecular flexibility index (Phi) is 4.70. The number of halogens is 1. The zero-order valence-corrected chi connectivity index (χ0v) is 10.7. The molecule has 1 heterocycles. The van der Waals surface area contributed by atoms with Gasteiger partial charge in [0.2, 0.25) is 0 Å². The predicted molar refractivity (Wildman–Crippen MR) is 64.0 cm³/mol. The van der Waals surface area contributed by atoms with Crippen LogP contribution in [-0.2, 0) is 4.74 Å². The van der Waals surface area contributed by atoms with E-state index in [-0.39, 0.29) is 5.56 Å². The summed E-state index contributed by atoms with van der Waals surface area (Å²) in [5.41, 5.74) is 0.163. The van der Waals surface area contributed by atoms with Crippen molar-refractivity contribution in [1.82, 2.24) is 4.98 Å². The van der Waals surface area contributed by atoms with Crippen molar-refractivity contribution in [2.24, 2.45) is 0 Å². The fraction of sp³-hybridized carbons (Fsp3) is 0.400. The van der Waals surface area contributed by atoms with Gasteiger partial charge in [-0.05, 0) is 22.0 Å². The summed E-state index contributed by atoms with van der Waals surface area (Å²) >= 11 is 3.30. The van der Waals surface area contributed by atoms with Crippen molar-refractivity contribution in [3.8, 4) is 0 Å². The molecule has 0 atom stereocenters. The maximum atomic E-state index is 10.7. The van der Waals surface area contributed by atoms with Gasteiger partial charge in [0.1, 0.15) is 5.82 Å². The lowest BCUT2D eigenvalue weighted by Crippen LogP contribution is -2.23. The summed E-state index contributed by atoms with van der Waals surface area (Å²) < 4.78 is 5.62. The third kappa shape index (κ3) is 3.18. The van der Waals surface area contributed by atoms with E-state index in [1.807, 2.05) is 11.9 Å². The quantitative estimate of drug-likeness (QED) is 0.892. The van der Waals surface area contributed by atoms with Crippen LogP contribution >= 0.6 is 15.9 Å². The Morgan fingerprint density at radius 1 is 1.69 bits per heavy atom. The maximum Gasteiger partial charge on any atom is 0.337 e. The summed E-state index contributed by atoms with van der Waals surface area (Å²) in [5.74, 6) is -0.290. The van der Waals surface area contributed by atoms with Gasteiger partial charge in [-0.1, -0.05) is 0 Å². The van der Waals surface area contributed by atoms with E-state index in [1.165, 1.54) is 12.3 Å². The number of hydrogen-bond donors (Lipinski definition) is 1. The predicted octanol–water partition coefficient (Wildman–Crippen LogP) is 1.62. The van der Waals surface area contributed by atoms with Crippen LogP contribution in [0.3, 0.4) is 0 Å². The number of pyridine rings is 1. The molecule has 0 aliphatic heterocycles. The van der Waals surface area contributed by atoms with E-state index in [0.717, 1.165) is 0 Å². The number of carboxylic acids is 1. The molecule has 0 aliphatic carbocycles. The largest absolute Gasteiger partial charge is 0.478 e. The van der Waals surface area contributed by atoms with Crippen LogP contribution in [0.5, 0.6) is 0 Å². The van der Waals surface area contributed by atoms with E-state index < -0.39 is 5.97 Å². The zero-order chi connectivity index (χ0) is 12.1. The Bertz CT molecular complexity index is 384. The second kappa shape index (κ2) is 5.81. The number of likely N-dealkylation sites (N-methyl/N-ethyl adjacent to an activating group) is 1. The Hall–Kier alpha value is -1.14. The first-order chi connectivity index (χ1) is 7.56. The standard InChI is InChI=1S/C10H13BrN2O3/c1-13(3-4-16-2)9-8(11)5-7(6-12-9)10(14)15/h5-6H,3-4H2,1-2H3,(H,14,15). The second-order valence-electron chi connectivity index (χ2n) is 3.25. The normalized spacial score (nSPS) is 10.2. The van der Waals surface area contributed by atoms with Gasteiger partial charge in [-0.15, -0.1) is 0 Å². The molecular formula is C10H13BrN2O3. The molecule has 6 heteroatoms. The van der Waals surface area contributed by atoms with Gasteiger partial charge in [0.15, 0.2) is 0 Å². The summed E-state index contributed by atoms with van der Waals surface area (Å²) in [4.78, 5) is 16.7. The highest BCUT2D eigenvalue weighted by Gasteiger charge is 2.11. The molecular weight excluding hydrogens is 276 g/mol. The van der Waals surface area contributed by atoms with Crippen LogP contribution in [0.4, 0.5) is 5.82 Å². The number of carbonyl (C=O) groups is 1. The molecule has 0 aromatic carbocycles. The molecule has 0 saturated heterocycles. The fourth-order valence-electron chi connectivity index (χ4n) is 1.16. The summed E-state index contributed by atoms with van der Waals surface area (Å²) in [6.07, 6.45) is 1.34. The average molecular weight is 289 g/mol. The molecule has 1 rings (SSSR count). The van der Waals surface area contributed by atoms with Crippen LogP contribution in [0.15, 0.2) is 16.7 Å². The van der Waals surface area contributed by atoms with Crippen LogP contribution < -0.4 is 4.90 Å². The molecule has 0 radical (unpaired) electrons. The van der Waals surface area contributed by atoms with Crippen LogP contribution in [0.2, 0.25) is 0 Å². The summed E-state index contributed by atoms with van der Waals surface area (Å²) in [5, 5.41) is 8.79. The molecule has 0 spiro atoms. The minimum atomic E-state index is -0.987. The highest BCUT2D eigenvalue weighted by atomic mass is 79.9. The second-order valence-corrected chi connectivity index (χ2v) is 4.10. The molecule has 0 bridgehead atoms. The van der Waals surface area contributed by atoms with Crippen molar-refractivity contribution in [2.75, 3.05) is 32.2 Å². The Morgan fingerprint density at radius 2 is 2.38 bits per heavy atom. The van der Waals surface area contributed by atoms with Gasteiger partial charge in [0.05, 0.1) is 16.6 Å². The number of anilines is 1. The monoisotopic (exact) mass is 288 g/mol. The Labute approximate surface area is 102 Å². The average Bonchev–Trinajstić information content (AvgIpc) is 2.25. The molecule has 0 amide bonds. The number of methoxy groups -OCH3 is 1. The molecule has 0 unspecified atom stereocenters. The molecule has 1 aromatic heterocycles. The van der Waals surface area contributed by atoms with Crippen molar-refractivity contribution < 1.29 is 14.6 Å². The first-order valence-corrected chi connectivity index (χ1v) is 5.44. The summed E-state index contributed by atoms with van der Waals surface area (Å²) in [6, 6.07) is 1.54. The molecule has 0 saturated carbocycles. The van der Waals surface area contributed by atoms with Crippen molar-refractivity contribution in [3.05, 3.63) is 22.3 Å². The molecule has 16 heavy (non-hydrogen) atoms. The zero-order valence-electron chi connectivity index (χ0n) is 9.11. The molecule has 5 nitrogen and oxygen atoms in total. The highest BCUT2D eigenvalue weighted by Crippen LogP contribution is 2.23. The number of rotatable bonds is 5. The number of nitrogens with zero attached hydrogens (tertiary/aromatic N) is 2. The van der Waals surface area contributed by atoms with Crippen LogP contribution in [0.25, 0.3) is 0 Å². The third-order valence-corrected chi connectivity index (χ3v) is 2.64. The molecule has 0 fully saturated rings. The van der Waals surface area contributed by atoms with Gasteiger partial charge in [0, 0.05) is 26.9 Å². The van der Waals surface area contributed by atoms with Crippen LogP contribution in [0, 0.1) is 0 Å². The number of aromatic carboxylic acids is 1.